The normalized spacial score (nSPS) is 19.5. The first-order valence-electron chi connectivity index (χ1n) is 14.2. The average Bonchev–Trinajstić information content (AvgIpc) is 3.75. The Morgan fingerprint density at radius 3 is 2.36 bits per heavy atom. The molecular formula is C30H27F2N9O3. The Balaban J connectivity index is 1.21. The minimum absolute atomic E-state index is 0.0208. The Morgan fingerprint density at radius 1 is 1.02 bits per heavy atom. The van der Waals surface area contributed by atoms with Crippen molar-refractivity contribution in [3.05, 3.63) is 72.2 Å². The highest BCUT2D eigenvalue weighted by Crippen LogP contribution is 2.45. The van der Waals surface area contributed by atoms with Crippen molar-refractivity contribution in [2.24, 2.45) is 0 Å². The predicted octanol–water partition coefficient (Wildman–Crippen LogP) is 4.51. The van der Waals surface area contributed by atoms with E-state index < -0.39 is 6.61 Å². The van der Waals surface area contributed by atoms with Gasteiger partial charge in [-0.25, -0.2) is 9.97 Å². The summed E-state index contributed by atoms with van der Waals surface area (Å²) in [7, 11) is 0. The topological polar surface area (TPSA) is 157 Å². The first kappa shape index (κ1) is 27.6. The smallest absolute Gasteiger partial charge is 0.387 e. The third-order valence-corrected chi connectivity index (χ3v) is 8.48. The Hall–Kier alpha value is -5.27. The molecule has 1 aromatic carbocycles. The number of fused-ring (bicyclic) bond motifs is 3. The van der Waals surface area contributed by atoms with Gasteiger partial charge in [-0.05, 0) is 62.9 Å². The number of benzene rings is 1. The van der Waals surface area contributed by atoms with E-state index >= 15 is 0 Å². The van der Waals surface area contributed by atoms with Crippen LogP contribution in [0.25, 0.3) is 28.0 Å². The van der Waals surface area contributed by atoms with Crippen molar-refractivity contribution in [3.63, 3.8) is 0 Å². The zero-order chi connectivity index (χ0) is 30.5. The van der Waals surface area contributed by atoms with Gasteiger partial charge >= 0.3 is 6.61 Å². The Labute approximate surface area is 249 Å². The molecule has 2 fully saturated rings. The van der Waals surface area contributed by atoms with Gasteiger partial charge in [0, 0.05) is 40.9 Å². The van der Waals surface area contributed by atoms with Gasteiger partial charge in [0.1, 0.15) is 17.9 Å². The number of rotatable bonds is 7. The highest BCUT2D eigenvalue weighted by atomic mass is 19.3. The number of ether oxygens (including phenoxy) is 1. The van der Waals surface area contributed by atoms with E-state index in [0.717, 1.165) is 24.0 Å². The number of ketones is 1. The molecule has 224 valence electrons. The number of hydrogen-bond donors (Lipinski definition) is 2. The number of halogens is 2. The van der Waals surface area contributed by atoms with Crippen LogP contribution in [-0.4, -0.2) is 70.0 Å². The molecule has 7 rings (SSSR count). The number of carbonyl (C=O) groups is 2. The van der Waals surface area contributed by atoms with Crippen molar-refractivity contribution >= 4 is 23.2 Å². The summed E-state index contributed by atoms with van der Waals surface area (Å²) in [6, 6.07) is 9.88. The zero-order valence-corrected chi connectivity index (χ0v) is 23.5. The van der Waals surface area contributed by atoms with Crippen molar-refractivity contribution in [1.82, 2.24) is 39.7 Å². The molecule has 0 spiro atoms. The number of nitrogens with zero attached hydrogens (tertiary/aromatic N) is 7. The van der Waals surface area contributed by atoms with Crippen LogP contribution in [0.1, 0.15) is 65.2 Å². The van der Waals surface area contributed by atoms with E-state index in [0.29, 0.717) is 41.0 Å². The summed E-state index contributed by atoms with van der Waals surface area (Å²) in [6.07, 6.45) is 7.63. The molecule has 2 aliphatic rings. The standard InChI is InChI=1S/C30H27F2N9O3/c1-15(42)24-25(18-10-19-5-6-20(11-18)40(19)29(43)27-35-14-36-39-27)38-28-22(13-37-41(28)26(24)33)17-4-9-23(34-12-17)16-2-7-21(8-3-16)44-30(31)32/h2-4,7-9,12-14,18-20,30H,5-6,10-11,33H2,1H3,(H,35,36,39)/t19-,20-/m1/s1. The first-order valence-corrected chi connectivity index (χ1v) is 14.2. The predicted molar refractivity (Wildman–Crippen MR) is 154 cm³/mol. The van der Waals surface area contributed by atoms with Crippen molar-refractivity contribution in [3.8, 4) is 28.1 Å². The van der Waals surface area contributed by atoms with Gasteiger partial charge in [-0.1, -0.05) is 6.07 Å². The number of pyridine rings is 1. The van der Waals surface area contributed by atoms with Crippen molar-refractivity contribution < 1.29 is 23.1 Å². The second-order valence-corrected chi connectivity index (χ2v) is 11.0. The number of H-pyrrole nitrogens is 1. The number of alkyl halides is 2. The van der Waals surface area contributed by atoms with E-state index in [1.807, 2.05) is 17.0 Å². The van der Waals surface area contributed by atoms with Gasteiger partial charge in [-0.3, -0.25) is 19.7 Å². The molecule has 4 aromatic heterocycles. The molecule has 5 aromatic rings. The van der Waals surface area contributed by atoms with E-state index in [4.69, 9.17) is 10.7 Å². The summed E-state index contributed by atoms with van der Waals surface area (Å²) in [6.45, 7) is -1.42. The maximum Gasteiger partial charge on any atom is 0.387 e. The van der Waals surface area contributed by atoms with Crippen LogP contribution in [0.3, 0.4) is 0 Å². The molecule has 2 aliphatic heterocycles. The highest BCUT2D eigenvalue weighted by molar-refractivity contribution is 6.00. The number of amides is 1. The molecule has 0 radical (unpaired) electrons. The number of nitrogen functional groups attached to an aromatic ring is 1. The van der Waals surface area contributed by atoms with Crippen LogP contribution < -0.4 is 10.5 Å². The monoisotopic (exact) mass is 599 g/mol. The molecular weight excluding hydrogens is 572 g/mol. The minimum atomic E-state index is -2.89. The third kappa shape index (κ3) is 4.71. The van der Waals surface area contributed by atoms with Crippen LogP contribution in [0.2, 0.25) is 0 Å². The Bertz CT molecular complexity index is 1840. The lowest BCUT2D eigenvalue weighted by Crippen LogP contribution is -2.46. The maximum atomic E-state index is 13.2. The number of hydrogen-bond acceptors (Lipinski definition) is 9. The molecule has 14 heteroatoms. The van der Waals surface area contributed by atoms with Crippen LogP contribution in [0.5, 0.6) is 5.75 Å². The molecule has 0 saturated carbocycles. The fraction of sp³-hybridized carbons (Fsp3) is 0.300. The van der Waals surface area contributed by atoms with Gasteiger partial charge in [0.25, 0.3) is 5.91 Å². The SMILES string of the molecule is CC(=O)c1c(C2C[C@H]3CC[C@H](C2)N3C(=O)c2ncn[nH]2)nc2c(-c3ccc(-c4ccc(OC(F)F)cc4)nc3)cnn2c1N. The molecule has 2 saturated heterocycles. The molecule has 2 atom stereocenters. The van der Waals surface area contributed by atoms with Crippen LogP contribution in [0, 0.1) is 0 Å². The lowest BCUT2D eigenvalue weighted by molar-refractivity contribution is -0.0498. The minimum Gasteiger partial charge on any atom is -0.435 e. The quantitative estimate of drug-likeness (QED) is 0.257. The summed E-state index contributed by atoms with van der Waals surface area (Å²) in [5.41, 5.74) is 10.8. The summed E-state index contributed by atoms with van der Waals surface area (Å²) >= 11 is 0. The van der Waals surface area contributed by atoms with E-state index in [1.54, 1.807) is 24.5 Å². The number of aromatic amines is 1. The second-order valence-electron chi connectivity index (χ2n) is 11.0. The fourth-order valence-electron chi connectivity index (χ4n) is 6.59. The van der Waals surface area contributed by atoms with Crippen molar-refractivity contribution in [2.45, 2.75) is 57.2 Å². The molecule has 1 amide bonds. The number of carbonyl (C=O) groups excluding carboxylic acids is 2. The van der Waals surface area contributed by atoms with Crippen LogP contribution in [0.15, 0.2) is 55.1 Å². The lowest BCUT2D eigenvalue weighted by Gasteiger charge is -2.38. The molecule has 2 bridgehead atoms. The third-order valence-electron chi connectivity index (χ3n) is 8.48. The van der Waals surface area contributed by atoms with Crippen LogP contribution in [0.4, 0.5) is 14.6 Å². The Kier molecular flexibility index (Phi) is 6.75. The number of nitrogens with two attached hydrogens (primary N) is 1. The van der Waals surface area contributed by atoms with E-state index in [2.05, 4.69) is 30.0 Å². The van der Waals surface area contributed by atoms with Crippen LogP contribution >= 0.6 is 0 Å². The van der Waals surface area contributed by atoms with Crippen molar-refractivity contribution in [2.75, 3.05) is 5.73 Å². The lowest BCUT2D eigenvalue weighted by atomic mass is 9.85. The summed E-state index contributed by atoms with van der Waals surface area (Å²) < 4.78 is 30.9. The summed E-state index contributed by atoms with van der Waals surface area (Å²) in [5, 5.41) is 10.9. The molecule has 12 nitrogen and oxygen atoms in total. The number of nitrogens with one attached hydrogen (secondary N) is 1. The average molecular weight is 600 g/mol. The number of Topliss-reactive ketones (excluding diaryl/α,β-unsaturated/α-hetero) is 1. The highest BCUT2D eigenvalue weighted by Gasteiger charge is 2.45. The molecule has 0 unspecified atom stereocenters. The van der Waals surface area contributed by atoms with Gasteiger partial charge in [0.2, 0.25) is 5.82 Å². The maximum absolute atomic E-state index is 13.2. The summed E-state index contributed by atoms with van der Waals surface area (Å²) in [5.74, 6) is 0.0397. The zero-order valence-electron chi connectivity index (χ0n) is 23.5. The summed E-state index contributed by atoms with van der Waals surface area (Å²) in [4.78, 5) is 41.6. The molecule has 6 heterocycles. The largest absolute Gasteiger partial charge is 0.435 e. The number of aromatic nitrogens is 7. The van der Waals surface area contributed by atoms with Gasteiger partial charge < -0.3 is 15.4 Å². The fourth-order valence-corrected chi connectivity index (χ4v) is 6.59. The van der Waals surface area contributed by atoms with E-state index in [1.165, 1.54) is 29.9 Å². The van der Waals surface area contributed by atoms with E-state index in [9.17, 15) is 18.4 Å². The molecule has 0 aliphatic carbocycles. The van der Waals surface area contributed by atoms with Gasteiger partial charge in [-0.2, -0.15) is 23.5 Å². The van der Waals surface area contributed by atoms with Gasteiger partial charge in [0.15, 0.2) is 11.4 Å². The second kappa shape index (κ2) is 10.8. The first-order chi connectivity index (χ1) is 21.3. The number of anilines is 1. The Morgan fingerprint density at radius 2 is 1.75 bits per heavy atom. The molecule has 3 N–H and O–H groups in total. The van der Waals surface area contributed by atoms with Crippen molar-refractivity contribution in [1.29, 1.82) is 0 Å². The molecule has 44 heavy (non-hydrogen) atoms. The van der Waals surface area contributed by atoms with Gasteiger partial charge in [0.05, 0.1) is 23.1 Å². The number of piperidine rings is 1. The van der Waals surface area contributed by atoms with Gasteiger partial charge in [-0.15, -0.1) is 0 Å². The van der Waals surface area contributed by atoms with E-state index in [-0.39, 0.29) is 47.1 Å². The van der Waals surface area contributed by atoms with Crippen LogP contribution in [-0.2, 0) is 0 Å².